The van der Waals surface area contributed by atoms with Gasteiger partial charge >= 0.3 is 12.4 Å². The lowest BCUT2D eigenvalue weighted by molar-refractivity contribution is -0.144. The summed E-state index contributed by atoms with van der Waals surface area (Å²) in [4.78, 5) is 12.3. The summed E-state index contributed by atoms with van der Waals surface area (Å²) < 4.78 is 91.0. The second-order valence-electron chi connectivity index (χ2n) is 5.02. The van der Waals surface area contributed by atoms with E-state index in [0.717, 1.165) is 0 Å². The summed E-state index contributed by atoms with van der Waals surface area (Å²) in [5.41, 5.74) is -5.02. The van der Waals surface area contributed by atoms with E-state index in [-0.39, 0.29) is 17.7 Å². The molecular weight excluding hydrogens is 341 g/mol. The van der Waals surface area contributed by atoms with Gasteiger partial charge in [0.1, 0.15) is 5.82 Å². The van der Waals surface area contributed by atoms with Crippen LogP contribution >= 0.6 is 0 Å². The molecule has 0 bridgehead atoms. The van der Waals surface area contributed by atoms with Crippen LogP contribution in [0.4, 0.5) is 30.7 Å². The topological polar surface area (TPSA) is 17.1 Å². The third-order valence-corrected chi connectivity index (χ3v) is 3.34. The van der Waals surface area contributed by atoms with E-state index in [1.807, 2.05) is 0 Å². The van der Waals surface area contributed by atoms with Gasteiger partial charge in [-0.25, -0.2) is 4.39 Å². The largest absolute Gasteiger partial charge is 0.419 e. The summed E-state index contributed by atoms with van der Waals surface area (Å²) in [5.74, 6) is -3.27. The van der Waals surface area contributed by atoms with Crippen LogP contribution < -0.4 is 0 Å². The number of benzene rings is 2. The first-order valence-corrected chi connectivity index (χ1v) is 6.51. The minimum Gasteiger partial charge on any atom is -0.288 e. The summed E-state index contributed by atoms with van der Waals surface area (Å²) >= 11 is 0. The van der Waals surface area contributed by atoms with Gasteiger partial charge in [0.05, 0.1) is 16.7 Å². The molecule has 0 aromatic heterocycles. The molecule has 0 N–H and O–H groups in total. The molecule has 2 rings (SSSR count). The molecule has 0 atom stereocenters. The standard InChI is InChI=1S/C16H9F7O/c1-8-4-2-3-5-10(8)14(24)11-6-9(15(18,19)20)7-12(13(11)17)16(21,22)23/h2-7H,1H3. The lowest BCUT2D eigenvalue weighted by Gasteiger charge is -2.15. The monoisotopic (exact) mass is 350 g/mol. The van der Waals surface area contributed by atoms with Gasteiger partial charge in [0.2, 0.25) is 0 Å². The van der Waals surface area contributed by atoms with Gasteiger partial charge in [0.15, 0.2) is 5.78 Å². The number of hydrogen-bond acceptors (Lipinski definition) is 1. The molecule has 0 unspecified atom stereocenters. The predicted octanol–water partition coefficient (Wildman–Crippen LogP) is 5.40. The molecule has 0 saturated heterocycles. The van der Waals surface area contributed by atoms with Crippen molar-refractivity contribution in [1.82, 2.24) is 0 Å². The third kappa shape index (κ3) is 3.42. The van der Waals surface area contributed by atoms with Crippen molar-refractivity contribution < 1.29 is 35.5 Å². The predicted molar refractivity (Wildman–Crippen MR) is 71.0 cm³/mol. The highest BCUT2D eigenvalue weighted by Gasteiger charge is 2.41. The zero-order valence-electron chi connectivity index (χ0n) is 12.0. The number of hydrogen-bond donors (Lipinski definition) is 0. The first-order chi connectivity index (χ1) is 10.9. The Morgan fingerprint density at radius 3 is 1.96 bits per heavy atom. The number of alkyl halides is 6. The average molecular weight is 350 g/mol. The van der Waals surface area contributed by atoms with Gasteiger partial charge in [0, 0.05) is 5.56 Å². The van der Waals surface area contributed by atoms with Crippen LogP contribution in [0.25, 0.3) is 0 Å². The highest BCUT2D eigenvalue weighted by molar-refractivity contribution is 6.10. The highest BCUT2D eigenvalue weighted by atomic mass is 19.4. The molecule has 0 heterocycles. The van der Waals surface area contributed by atoms with E-state index in [2.05, 4.69) is 0 Å². The smallest absolute Gasteiger partial charge is 0.288 e. The molecule has 8 heteroatoms. The van der Waals surface area contributed by atoms with Crippen LogP contribution in [0.1, 0.15) is 32.6 Å². The number of carbonyl (C=O) groups excluding carboxylic acids is 1. The summed E-state index contributed by atoms with van der Waals surface area (Å²) in [6, 6.07) is 5.28. The molecule has 2 aromatic carbocycles. The number of rotatable bonds is 2. The van der Waals surface area contributed by atoms with Crippen LogP contribution in [0.3, 0.4) is 0 Å². The summed E-state index contributed by atoms with van der Waals surface area (Å²) in [6.07, 6.45) is -10.5. The van der Waals surface area contributed by atoms with Gasteiger partial charge in [-0.15, -0.1) is 0 Å². The fraction of sp³-hybridized carbons (Fsp3) is 0.188. The van der Waals surface area contributed by atoms with Crippen LogP contribution in [0.15, 0.2) is 36.4 Å². The Morgan fingerprint density at radius 2 is 1.46 bits per heavy atom. The fourth-order valence-corrected chi connectivity index (χ4v) is 2.13. The van der Waals surface area contributed by atoms with Crippen LogP contribution in [0.5, 0.6) is 0 Å². The van der Waals surface area contributed by atoms with E-state index in [1.54, 1.807) is 0 Å². The molecule has 0 radical (unpaired) electrons. The van der Waals surface area contributed by atoms with Gasteiger partial charge in [0.25, 0.3) is 0 Å². The molecule has 0 aliphatic heterocycles. The zero-order valence-corrected chi connectivity index (χ0v) is 12.0. The van der Waals surface area contributed by atoms with Crippen molar-refractivity contribution in [3.05, 3.63) is 70.0 Å². The van der Waals surface area contributed by atoms with Crippen molar-refractivity contribution in [1.29, 1.82) is 0 Å². The van der Waals surface area contributed by atoms with Gasteiger partial charge in [-0.2, -0.15) is 26.3 Å². The molecule has 0 fully saturated rings. The number of ketones is 1. The van der Waals surface area contributed by atoms with Crippen LogP contribution in [-0.4, -0.2) is 5.78 Å². The Morgan fingerprint density at radius 1 is 0.875 bits per heavy atom. The molecule has 0 saturated carbocycles. The maximum atomic E-state index is 14.1. The van der Waals surface area contributed by atoms with Crippen LogP contribution in [0.2, 0.25) is 0 Å². The lowest BCUT2D eigenvalue weighted by Crippen LogP contribution is -2.17. The molecule has 0 spiro atoms. The molecule has 2 aromatic rings. The SMILES string of the molecule is Cc1ccccc1C(=O)c1cc(C(F)(F)F)cc(C(F)(F)F)c1F. The Bertz CT molecular complexity index is 788. The maximum Gasteiger partial charge on any atom is 0.419 e. The Balaban J connectivity index is 2.74. The van der Waals surface area contributed by atoms with E-state index in [1.165, 1.54) is 31.2 Å². The van der Waals surface area contributed by atoms with Crippen molar-refractivity contribution in [2.75, 3.05) is 0 Å². The van der Waals surface area contributed by atoms with E-state index in [9.17, 15) is 35.5 Å². The third-order valence-electron chi connectivity index (χ3n) is 3.34. The zero-order chi connectivity index (χ0) is 18.3. The summed E-state index contributed by atoms with van der Waals surface area (Å²) in [5, 5.41) is 0. The fourth-order valence-electron chi connectivity index (χ4n) is 2.13. The summed E-state index contributed by atoms with van der Waals surface area (Å²) in [6.45, 7) is 1.43. The normalized spacial score (nSPS) is 12.3. The second-order valence-corrected chi connectivity index (χ2v) is 5.02. The van der Waals surface area contributed by atoms with Gasteiger partial charge < -0.3 is 0 Å². The number of halogens is 7. The minimum absolute atomic E-state index is 0.0966. The van der Waals surface area contributed by atoms with Gasteiger partial charge in [-0.1, -0.05) is 24.3 Å². The van der Waals surface area contributed by atoms with E-state index < -0.39 is 40.6 Å². The Labute approximate surface area is 131 Å². The lowest BCUT2D eigenvalue weighted by atomic mass is 9.95. The highest BCUT2D eigenvalue weighted by Crippen LogP contribution is 2.38. The maximum absolute atomic E-state index is 14.1. The molecular formula is C16H9F7O. The summed E-state index contributed by atoms with van der Waals surface area (Å²) in [7, 11) is 0. The van der Waals surface area contributed by atoms with Gasteiger partial charge in [-0.3, -0.25) is 4.79 Å². The van der Waals surface area contributed by atoms with Crippen molar-refractivity contribution in [2.24, 2.45) is 0 Å². The number of aryl methyl sites for hydroxylation is 1. The minimum atomic E-state index is -5.37. The van der Waals surface area contributed by atoms with Crippen molar-refractivity contribution in [2.45, 2.75) is 19.3 Å². The molecule has 0 amide bonds. The molecule has 1 nitrogen and oxygen atoms in total. The van der Waals surface area contributed by atoms with Crippen molar-refractivity contribution in [3.8, 4) is 0 Å². The molecule has 0 aliphatic rings. The van der Waals surface area contributed by atoms with Gasteiger partial charge in [-0.05, 0) is 24.6 Å². The second kappa shape index (κ2) is 5.92. The number of carbonyl (C=O) groups is 1. The van der Waals surface area contributed by atoms with E-state index in [4.69, 9.17) is 0 Å². The van der Waals surface area contributed by atoms with Crippen molar-refractivity contribution in [3.63, 3.8) is 0 Å². The average Bonchev–Trinajstić information content (AvgIpc) is 2.44. The Kier molecular flexibility index (Phi) is 4.43. The first kappa shape index (κ1) is 18.0. The first-order valence-electron chi connectivity index (χ1n) is 6.51. The molecule has 128 valence electrons. The Hall–Kier alpha value is -2.38. The van der Waals surface area contributed by atoms with Crippen LogP contribution in [0, 0.1) is 12.7 Å². The quantitative estimate of drug-likeness (QED) is 0.523. The van der Waals surface area contributed by atoms with E-state index in [0.29, 0.717) is 5.56 Å². The molecule has 0 aliphatic carbocycles. The molecule has 24 heavy (non-hydrogen) atoms. The van der Waals surface area contributed by atoms with Crippen molar-refractivity contribution >= 4 is 5.78 Å². The van der Waals surface area contributed by atoms with E-state index >= 15 is 0 Å². The van der Waals surface area contributed by atoms with Crippen LogP contribution in [-0.2, 0) is 12.4 Å².